The molecule has 0 amide bonds. The first kappa shape index (κ1) is 13.8. The number of thiazole rings is 1. The third-order valence-electron chi connectivity index (χ3n) is 3.29. The van der Waals surface area contributed by atoms with E-state index >= 15 is 0 Å². The Morgan fingerprint density at radius 3 is 3.11 bits per heavy atom. The van der Waals surface area contributed by atoms with E-state index in [-0.39, 0.29) is 0 Å². The zero-order valence-corrected chi connectivity index (χ0v) is 12.3. The van der Waals surface area contributed by atoms with Crippen LogP contribution in [-0.4, -0.2) is 37.8 Å². The van der Waals surface area contributed by atoms with Crippen molar-refractivity contribution in [1.82, 2.24) is 10.3 Å². The molecule has 0 bridgehead atoms. The molecule has 1 aliphatic rings. The summed E-state index contributed by atoms with van der Waals surface area (Å²) in [7, 11) is 1.98. The van der Waals surface area contributed by atoms with Crippen molar-refractivity contribution in [2.24, 2.45) is 0 Å². The third kappa shape index (κ3) is 3.22. The van der Waals surface area contributed by atoms with Crippen LogP contribution in [0.2, 0.25) is 0 Å². The minimum absolute atomic E-state index is 0.351. The Morgan fingerprint density at radius 1 is 1.56 bits per heavy atom. The second kappa shape index (κ2) is 6.50. The quantitative estimate of drug-likeness (QED) is 0.909. The molecule has 102 valence electrons. The van der Waals surface area contributed by atoms with Gasteiger partial charge in [0, 0.05) is 31.1 Å². The van der Waals surface area contributed by atoms with E-state index in [1.165, 1.54) is 4.88 Å². The number of hydrogen-bond donors (Lipinski definition) is 1. The monoisotopic (exact) mass is 269 g/mol. The molecule has 0 spiro atoms. The van der Waals surface area contributed by atoms with Crippen molar-refractivity contribution in [3.63, 3.8) is 0 Å². The highest BCUT2D eigenvalue weighted by Crippen LogP contribution is 2.27. The van der Waals surface area contributed by atoms with Gasteiger partial charge in [-0.3, -0.25) is 0 Å². The van der Waals surface area contributed by atoms with Crippen LogP contribution in [0.1, 0.15) is 30.3 Å². The van der Waals surface area contributed by atoms with Crippen molar-refractivity contribution in [3.8, 4) is 0 Å². The highest BCUT2D eigenvalue weighted by atomic mass is 32.1. The molecular formula is C13H23N3OS. The largest absolute Gasteiger partial charge is 0.376 e. The molecular weight excluding hydrogens is 246 g/mol. The third-order valence-corrected chi connectivity index (χ3v) is 4.51. The van der Waals surface area contributed by atoms with Gasteiger partial charge in [-0.2, -0.15) is 0 Å². The summed E-state index contributed by atoms with van der Waals surface area (Å²) in [5, 5.41) is 4.35. The standard InChI is InChI=1S/C13H23N3OS/c1-4-11-9-16(6-5-7-17-11)13-15-10(2)12(18-13)8-14-3/h11,14H,4-9H2,1-3H3. The lowest BCUT2D eigenvalue weighted by atomic mass is 10.2. The van der Waals surface area contributed by atoms with Crippen LogP contribution in [0.5, 0.6) is 0 Å². The maximum atomic E-state index is 5.81. The van der Waals surface area contributed by atoms with Gasteiger partial charge in [0.25, 0.3) is 0 Å². The number of ether oxygens (including phenoxy) is 1. The zero-order valence-electron chi connectivity index (χ0n) is 11.5. The predicted octanol–water partition coefficient (Wildman–Crippen LogP) is 2.18. The lowest BCUT2D eigenvalue weighted by Gasteiger charge is -2.22. The second-order valence-electron chi connectivity index (χ2n) is 4.74. The van der Waals surface area contributed by atoms with E-state index in [4.69, 9.17) is 9.72 Å². The van der Waals surface area contributed by atoms with Crippen molar-refractivity contribution in [1.29, 1.82) is 0 Å². The molecule has 2 rings (SSSR count). The summed E-state index contributed by atoms with van der Waals surface area (Å²) in [6, 6.07) is 0. The average Bonchev–Trinajstić information content (AvgIpc) is 2.62. The fourth-order valence-corrected chi connectivity index (χ4v) is 3.30. The summed E-state index contributed by atoms with van der Waals surface area (Å²) >= 11 is 1.81. The summed E-state index contributed by atoms with van der Waals surface area (Å²) in [5.41, 5.74) is 1.16. The Balaban J connectivity index is 2.11. The number of anilines is 1. The first-order valence-corrected chi connectivity index (χ1v) is 7.53. The van der Waals surface area contributed by atoms with Crippen LogP contribution in [-0.2, 0) is 11.3 Å². The maximum Gasteiger partial charge on any atom is 0.185 e. The Morgan fingerprint density at radius 2 is 2.39 bits per heavy atom. The van der Waals surface area contributed by atoms with Crippen LogP contribution in [0.25, 0.3) is 0 Å². The minimum Gasteiger partial charge on any atom is -0.376 e. The molecule has 1 atom stereocenters. The van der Waals surface area contributed by atoms with Crippen LogP contribution in [0.15, 0.2) is 0 Å². The predicted molar refractivity (Wildman–Crippen MR) is 76.5 cm³/mol. The van der Waals surface area contributed by atoms with Crippen molar-refractivity contribution in [2.75, 3.05) is 31.6 Å². The molecule has 5 heteroatoms. The van der Waals surface area contributed by atoms with Crippen LogP contribution < -0.4 is 10.2 Å². The van der Waals surface area contributed by atoms with E-state index in [1.54, 1.807) is 0 Å². The highest BCUT2D eigenvalue weighted by Gasteiger charge is 2.20. The molecule has 0 aromatic carbocycles. The molecule has 4 nitrogen and oxygen atoms in total. The van der Waals surface area contributed by atoms with Crippen molar-refractivity contribution >= 4 is 16.5 Å². The fourth-order valence-electron chi connectivity index (χ4n) is 2.19. The molecule has 2 heterocycles. The van der Waals surface area contributed by atoms with Crippen LogP contribution in [0.3, 0.4) is 0 Å². The molecule has 1 fully saturated rings. The molecule has 1 unspecified atom stereocenters. The summed E-state index contributed by atoms with van der Waals surface area (Å²) in [4.78, 5) is 8.44. The van der Waals surface area contributed by atoms with Gasteiger partial charge in [0.2, 0.25) is 0 Å². The molecule has 0 radical (unpaired) electrons. The van der Waals surface area contributed by atoms with E-state index in [9.17, 15) is 0 Å². The summed E-state index contributed by atoms with van der Waals surface area (Å²) in [6.45, 7) is 8.10. The molecule has 0 saturated carbocycles. The number of rotatable bonds is 4. The van der Waals surface area contributed by atoms with Gasteiger partial charge >= 0.3 is 0 Å². The molecule has 1 aliphatic heterocycles. The van der Waals surface area contributed by atoms with Gasteiger partial charge in [-0.25, -0.2) is 4.98 Å². The summed E-state index contributed by atoms with van der Waals surface area (Å²) in [6.07, 6.45) is 2.52. The highest BCUT2D eigenvalue weighted by molar-refractivity contribution is 7.15. The van der Waals surface area contributed by atoms with Gasteiger partial charge in [0.15, 0.2) is 5.13 Å². The van der Waals surface area contributed by atoms with E-state index in [0.717, 1.165) is 49.9 Å². The van der Waals surface area contributed by atoms with Gasteiger partial charge in [-0.05, 0) is 26.8 Å². The van der Waals surface area contributed by atoms with Gasteiger partial charge in [0.1, 0.15) is 0 Å². The number of aromatic nitrogens is 1. The van der Waals surface area contributed by atoms with E-state index < -0.39 is 0 Å². The number of nitrogens with zero attached hydrogens (tertiary/aromatic N) is 2. The van der Waals surface area contributed by atoms with E-state index in [1.807, 2.05) is 18.4 Å². The van der Waals surface area contributed by atoms with Gasteiger partial charge in [0.05, 0.1) is 11.8 Å². The van der Waals surface area contributed by atoms with E-state index in [0.29, 0.717) is 6.10 Å². The van der Waals surface area contributed by atoms with Crippen LogP contribution in [0, 0.1) is 6.92 Å². The summed E-state index contributed by atoms with van der Waals surface area (Å²) < 4.78 is 5.81. The van der Waals surface area contributed by atoms with Gasteiger partial charge in [-0.15, -0.1) is 11.3 Å². The fraction of sp³-hybridized carbons (Fsp3) is 0.769. The molecule has 1 aromatic heterocycles. The van der Waals surface area contributed by atoms with Gasteiger partial charge in [-0.1, -0.05) is 6.92 Å². The Hall–Kier alpha value is -0.650. The molecule has 1 N–H and O–H groups in total. The van der Waals surface area contributed by atoms with Gasteiger partial charge < -0.3 is 15.0 Å². The van der Waals surface area contributed by atoms with Crippen LogP contribution >= 0.6 is 11.3 Å². The second-order valence-corrected chi connectivity index (χ2v) is 5.80. The zero-order chi connectivity index (χ0) is 13.0. The first-order valence-electron chi connectivity index (χ1n) is 6.72. The molecule has 18 heavy (non-hydrogen) atoms. The van der Waals surface area contributed by atoms with Crippen molar-refractivity contribution in [3.05, 3.63) is 10.6 Å². The van der Waals surface area contributed by atoms with Crippen molar-refractivity contribution < 1.29 is 4.74 Å². The molecule has 0 aliphatic carbocycles. The Labute approximate surface area is 113 Å². The first-order chi connectivity index (χ1) is 8.74. The number of aryl methyl sites for hydroxylation is 1. The molecule has 1 aromatic rings. The normalized spacial score (nSPS) is 21.1. The number of hydrogen-bond acceptors (Lipinski definition) is 5. The Kier molecular flexibility index (Phi) is 4.97. The minimum atomic E-state index is 0.351. The smallest absolute Gasteiger partial charge is 0.185 e. The number of nitrogens with one attached hydrogen (secondary N) is 1. The van der Waals surface area contributed by atoms with E-state index in [2.05, 4.69) is 24.1 Å². The lowest BCUT2D eigenvalue weighted by Crippen LogP contribution is -2.31. The SMILES string of the molecule is CCC1CN(c2nc(C)c(CNC)s2)CCCO1. The topological polar surface area (TPSA) is 37.4 Å². The van der Waals surface area contributed by atoms with Crippen molar-refractivity contribution in [2.45, 2.75) is 39.3 Å². The summed E-state index contributed by atoms with van der Waals surface area (Å²) in [5.74, 6) is 0. The Bertz CT molecular complexity index is 380. The van der Waals surface area contributed by atoms with Crippen LogP contribution in [0.4, 0.5) is 5.13 Å². The molecule has 1 saturated heterocycles. The average molecular weight is 269 g/mol. The maximum absolute atomic E-state index is 5.81. The lowest BCUT2D eigenvalue weighted by molar-refractivity contribution is 0.0664.